The van der Waals surface area contributed by atoms with Gasteiger partial charge >= 0.3 is 0 Å². The van der Waals surface area contributed by atoms with Crippen LogP contribution in [0.2, 0.25) is 0 Å². The molecule has 0 fully saturated rings. The maximum Gasteiger partial charge on any atom is 0.287 e. The zero-order chi connectivity index (χ0) is 20.4. The molecule has 2 heterocycles. The number of nitrogens with two attached hydrogens (primary N) is 1. The molecule has 3 rings (SSSR count). The fourth-order valence-corrected chi connectivity index (χ4v) is 2.77. The third-order valence-corrected chi connectivity index (χ3v) is 4.10. The van der Waals surface area contributed by atoms with Crippen molar-refractivity contribution in [1.29, 1.82) is 5.26 Å². The molecule has 0 spiro atoms. The summed E-state index contributed by atoms with van der Waals surface area (Å²) in [7, 11) is 0. The minimum absolute atomic E-state index is 0.181. The topological polar surface area (TPSA) is 162 Å². The van der Waals surface area contributed by atoms with Crippen molar-refractivity contribution in [2.45, 2.75) is 12.6 Å². The van der Waals surface area contributed by atoms with Gasteiger partial charge in [-0.2, -0.15) is 5.26 Å². The molecule has 0 radical (unpaired) electrons. The molecule has 0 saturated carbocycles. The third-order valence-electron chi connectivity index (χ3n) is 4.10. The quantitative estimate of drug-likeness (QED) is 0.569. The Kier molecular flexibility index (Phi) is 4.78. The van der Waals surface area contributed by atoms with Gasteiger partial charge in [0.1, 0.15) is 23.9 Å². The van der Waals surface area contributed by atoms with Crippen LogP contribution >= 0.6 is 0 Å². The molecule has 0 bridgehead atoms. The molecule has 142 valence electrons. The fraction of sp³-hybridized carbons (Fsp3) is 0.176. The monoisotopic (exact) mass is 383 g/mol. The van der Waals surface area contributed by atoms with Gasteiger partial charge in [0, 0.05) is 6.07 Å². The predicted molar refractivity (Wildman–Crippen MR) is 94.5 cm³/mol. The Morgan fingerprint density at radius 1 is 1.39 bits per heavy atom. The Balaban J connectivity index is 1.98. The summed E-state index contributed by atoms with van der Waals surface area (Å²) in [5.41, 5.74) is 3.85. The van der Waals surface area contributed by atoms with Crippen LogP contribution < -0.4 is 20.9 Å². The van der Waals surface area contributed by atoms with E-state index in [0.717, 1.165) is 16.8 Å². The van der Waals surface area contributed by atoms with Crippen molar-refractivity contribution in [1.82, 2.24) is 4.57 Å². The van der Waals surface area contributed by atoms with Gasteiger partial charge in [-0.1, -0.05) is 12.1 Å². The number of pyridine rings is 1. The van der Waals surface area contributed by atoms with E-state index in [1.165, 1.54) is 4.90 Å². The molecular formula is C17H13N5O6. The summed E-state index contributed by atoms with van der Waals surface area (Å²) in [4.78, 5) is 48.1. The fourth-order valence-electron chi connectivity index (χ4n) is 2.77. The van der Waals surface area contributed by atoms with E-state index in [2.05, 4.69) is 0 Å². The summed E-state index contributed by atoms with van der Waals surface area (Å²) in [6.45, 7) is -0.755. The average Bonchev–Trinajstić information content (AvgIpc) is 2.68. The number of carbonyl (C=O) groups is 2. The van der Waals surface area contributed by atoms with Crippen molar-refractivity contribution < 1.29 is 19.2 Å². The lowest BCUT2D eigenvalue weighted by atomic mass is 10.1. The van der Waals surface area contributed by atoms with Crippen LogP contribution in [0.1, 0.15) is 5.56 Å². The van der Waals surface area contributed by atoms with E-state index in [1.54, 1.807) is 30.3 Å². The van der Waals surface area contributed by atoms with Crippen molar-refractivity contribution >= 4 is 23.2 Å². The number of fused-ring (bicyclic) bond motifs is 1. The van der Waals surface area contributed by atoms with E-state index in [0.29, 0.717) is 5.69 Å². The van der Waals surface area contributed by atoms with E-state index in [1.807, 2.05) is 0 Å². The molecule has 1 aliphatic rings. The molecule has 1 atom stereocenters. The van der Waals surface area contributed by atoms with E-state index < -0.39 is 46.2 Å². The lowest BCUT2D eigenvalue weighted by Crippen LogP contribution is -2.50. The number of anilines is 1. The Hall–Kier alpha value is -4.20. The number of amides is 2. The Labute approximate surface area is 157 Å². The normalized spacial score (nSPS) is 15.1. The Morgan fingerprint density at radius 3 is 2.75 bits per heavy atom. The average molecular weight is 383 g/mol. The summed E-state index contributed by atoms with van der Waals surface area (Å²) in [6.07, 6.45) is -0.200. The summed E-state index contributed by atoms with van der Waals surface area (Å²) in [5.74, 6) is -1.14. The van der Waals surface area contributed by atoms with Gasteiger partial charge in [0.15, 0.2) is 6.10 Å². The summed E-state index contributed by atoms with van der Waals surface area (Å²) < 4.78 is 6.25. The molecule has 1 aromatic heterocycles. The first-order chi connectivity index (χ1) is 13.3. The van der Waals surface area contributed by atoms with E-state index in [-0.39, 0.29) is 12.3 Å². The molecule has 11 heteroatoms. The molecular weight excluding hydrogens is 370 g/mol. The van der Waals surface area contributed by atoms with Crippen LogP contribution in [0.3, 0.4) is 0 Å². The highest BCUT2D eigenvalue weighted by Crippen LogP contribution is 2.33. The number of nitrogens with zero attached hydrogens (tertiary/aromatic N) is 4. The number of rotatable bonds is 4. The van der Waals surface area contributed by atoms with Crippen LogP contribution in [-0.4, -0.2) is 34.0 Å². The first-order valence-corrected chi connectivity index (χ1v) is 7.96. The molecule has 0 aliphatic carbocycles. The highest BCUT2D eigenvalue weighted by atomic mass is 16.6. The van der Waals surface area contributed by atoms with E-state index in [4.69, 9.17) is 15.7 Å². The van der Waals surface area contributed by atoms with Crippen LogP contribution in [0.5, 0.6) is 5.75 Å². The zero-order valence-corrected chi connectivity index (χ0v) is 14.3. The number of hydrogen-bond acceptors (Lipinski definition) is 7. The number of para-hydroxylation sites is 2. The number of carbonyl (C=O) groups excluding carboxylic acids is 2. The molecule has 28 heavy (non-hydrogen) atoms. The van der Waals surface area contributed by atoms with Gasteiger partial charge in [-0.3, -0.25) is 29.1 Å². The largest absolute Gasteiger partial charge is 0.477 e. The van der Waals surface area contributed by atoms with Crippen LogP contribution in [0.15, 0.2) is 41.3 Å². The van der Waals surface area contributed by atoms with Gasteiger partial charge in [0.2, 0.25) is 5.91 Å². The van der Waals surface area contributed by atoms with Crippen LogP contribution in [0.25, 0.3) is 0 Å². The number of benzene rings is 1. The van der Waals surface area contributed by atoms with Crippen LogP contribution in [0.4, 0.5) is 11.4 Å². The smallest absolute Gasteiger partial charge is 0.287 e. The van der Waals surface area contributed by atoms with Crippen molar-refractivity contribution in [3.05, 3.63) is 62.6 Å². The number of nitriles is 1. The molecule has 2 aromatic rings. The van der Waals surface area contributed by atoms with E-state index in [9.17, 15) is 24.5 Å². The van der Waals surface area contributed by atoms with Crippen LogP contribution in [0, 0.1) is 21.4 Å². The van der Waals surface area contributed by atoms with Gasteiger partial charge in [-0.15, -0.1) is 0 Å². The first-order valence-electron chi connectivity index (χ1n) is 7.96. The second-order valence-electron chi connectivity index (χ2n) is 5.89. The highest BCUT2D eigenvalue weighted by Gasteiger charge is 2.33. The highest BCUT2D eigenvalue weighted by molar-refractivity contribution is 5.97. The molecule has 2 N–H and O–H groups in total. The number of hydrogen-bond donors (Lipinski definition) is 1. The maximum atomic E-state index is 12.8. The Morgan fingerprint density at radius 2 is 2.11 bits per heavy atom. The van der Waals surface area contributed by atoms with Crippen molar-refractivity contribution in [2.75, 3.05) is 11.4 Å². The van der Waals surface area contributed by atoms with Gasteiger partial charge in [-0.05, 0) is 12.1 Å². The second-order valence-corrected chi connectivity index (χ2v) is 5.89. The maximum absolute atomic E-state index is 12.8. The van der Waals surface area contributed by atoms with Gasteiger partial charge in [-0.25, -0.2) is 0 Å². The van der Waals surface area contributed by atoms with Gasteiger partial charge in [0.05, 0.1) is 23.4 Å². The SMILES string of the molecule is N#Cc1cc([N+](=O)[O-])cn(CC(=O)N2CC(C(N)=O)Oc3ccccc32)c1=O. The van der Waals surface area contributed by atoms with Crippen LogP contribution in [-0.2, 0) is 16.1 Å². The minimum atomic E-state index is -1.09. The third kappa shape index (κ3) is 3.38. The number of primary amides is 1. The van der Waals surface area contributed by atoms with E-state index >= 15 is 0 Å². The Bertz CT molecular complexity index is 1090. The second kappa shape index (κ2) is 7.20. The number of nitro groups is 1. The van der Waals surface area contributed by atoms with Gasteiger partial charge in [0.25, 0.3) is 17.2 Å². The summed E-state index contributed by atoms with van der Waals surface area (Å²) in [5, 5.41) is 20.0. The summed E-state index contributed by atoms with van der Waals surface area (Å²) >= 11 is 0. The lowest BCUT2D eigenvalue weighted by molar-refractivity contribution is -0.385. The predicted octanol–water partition coefficient (Wildman–Crippen LogP) is -0.0923. The summed E-state index contributed by atoms with van der Waals surface area (Å²) in [6, 6.07) is 8.86. The van der Waals surface area contributed by atoms with Crippen molar-refractivity contribution in [2.24, 2.45) is 5.73 Å². The molecule has 1 aliphatic heterocycles. The number of aromatic nitrogens is 1. The minimum Gasteiger partial charge on any atom is -0.477 e. The standard InChI is InChI=1S/C17H13N5O6/c18-6-10-5-11(22(26)27)7-20(17(10)25)9-15(23)21-8-14(16(19)24)28-13-4-2-1-3-12(13)21/h1-5,7,14H,8-9H2,(H2,19,24). The number of ether oxygens (including phenoxy) is 1. The van der Waals surface area contributed by atoms with Crippen molar-refractivity contribution in [3.63, 3.8) is 0 Å². The first kappa shape index (κ1) is 18.6. The van der Waals surface area contributed by atoms with Gasteiger partial charge < -0.3 is 15.4 Å². The molecule has 11 nitrogen and oxygen atoms in total. The molecule has 1 aromatic carbocycles. The van der Waals surface area contributed by atoms with Crippen molar-refractivity contribution in [3.8, 4) is 11.8 Å². The lowest BCUT2D eigenvalue weighted by Gasteiger charge is -2.33. The molecule has 2 amide bonds. The zero-order valence-electron chi connectivity index (χ0n) is 14.3. The molecule has 1 unspecified atom stereocenters. The molecule has 0 saturated heterocycles.